The third kappa shape index (κ3) is 3.40. The zero-order valence-electron chi connectivity index (χ0n) is 7.08. The minimum atomic E-state index is -0.239. The number of halogens is 1. The average molecular weight is 201 g/mol. The lowest BCUT2D eigenvalue weighted by atomic mass is 10.4. The van der Waals surface area contributed by atoms with Crippen molar-refractivity contribution in [1.82, 2.24) is 4.98 Å². The summed E-state index contributed by atoms with van der Waals surface area (Å²) in [6.45, 7) is 0.0182. The highest BCUT2D eigenvalue weighted by atomic mass is 35.5. The van der Waals surface area contributed by atoms with Gasteiger partial charge in [-0.2, -0.15) is 0 Å². The molecule has 0 aliphatic heterocycles. The van der Waals surface area contributed by atoms with Gasteiger partial charge >= 0.3 is 0 Å². The summed E-state index contributed by atoms with van der Waals surface area (Å²) in [7, 11) is 1.45. The van der Waals surface area contributed by atoms with Crippen molar-refractivity contribution in [3.05, 3.63) is 23.4 Å². The van der Waals surface area contributed by atoms with Gasteiger partial charge in [-0.05, 0) is 12.1 Å². The summed E-state index contributed by atoms with van der Waals surface area (Å²) in [4.78, 5) is 14.9. The number of pyridine rings is 1. The Kier molecular flexibility index (Phi) is 3.67. The molecule has 1 heterocycles. The van der Waals surface area contributed by atoms with Gasteiger partial charge in [0.15, 0.2) is 0 Å². The van der Waals surface area contributed by atoms with Crippen LogP contribution in [0.2, 0.25) is 5.02 Å². The van der Waals surface area contributed by atoms with Gasteiger partial charge in [0.05, 0.1) is 5.02 Å². The third-order valence-corrected chi connectivity index (χ3v) is 1.49. The van der Waals surface area contributed by atoms with E-state index in [2.05, 4.69) is 15.0 Å². The molecule has 0 spiro atoms. The Hall–Kier alpha value is -1.13. The van der Waals surface area contributed by atoms with Gasteiger partial charge in [0.2, 0.25) is 0 Å². The summed E-state index contributed by atoms with van der Waals surface area (Å²) in [5, 5.41) is 3.07. The quantitative estimate of drug-likeness (QED) is 0.801. The molecule has 1 aromatic rings. The third-order valence-electron chi connectivity index (χ3n) is 1.27. The van der Waals surface area contributed by atoms with E-state index >= 15 is 0 Å². The topological polar surface area (TPSA) is 51.2 Å². The Morgan fingerprint density at radius 3 is 3.00 bits per heavy atom. The first-order valence-corrected chi connectivity index (χ1v) is 4.00. The van der Waals surface area contributed by atoms with E-state index in [0.717, 1.165) is 0 Å². The molecule has 0 fully saturated rings. The van der Waals surface area contributed by atoms with Crippen LogP contribution in [0.25, 0.3) is 0 Å². The van der Waals surface area contributed by atoms with Crippen molar-refractivity contribution in [2.75, 3.05) is 19.0 Å². The molecule has 4 nitrogen and oxygen atoms in total. The van der Waals surface area contributed by atoms with Crippen LogP contribution in [0.5, 0.6) is 0 Å². The van der Waals surface area contributed by atoms with Crippen LogP contribution in [0, 0.1) is 0 Å². The first kappa shape index (κ1) is 9.95. The lowest BCUT2D eigenvalue weighted by molar-refractivity contribution is -0.119. The van der Waals surface area contributed by atoms with Crippen LogP contribution in [-0.4, -0.2) is 24.6 Å². The van der Waals surface area contributed by atoms with Crippen LogP contribution in [0.1, 0.15) is 0 Å². The highest BCUT2D eigenvalue weighted by Crippen LogP contribution is 2.08. The monoisotopic (exact) mass is 200 g/mol. The molecule has 5 heteroatoms. The number of rotatable bonds is 3. The standard InChI is InChI=1S/C8H9ClN2O2/c1-13-5-8(12)11-7-3-2-6(9)4-10-7/h2-4H,5H2,1H3,(H,10,11,12). The number of anilines is 1. The summed E-state index contributed by atoms with van der Waals surface area (Å²) in [6.07, 6.45) is 1.46. The van der Waals surface area contributed by atoms with E-state index < -0.39 is 0 Å². The number of hydrogen-bond acceptors (Lipinski definition) is 3. The first-order chi connectivity index (χ1) is 6.22. The smallest absolute Gasteiger partial charge is 0.251 e. The fourth-order valence-corrected chi connectivity index (χ4v) is 0.872. The van der Waals surface area contributed by atoms with Gasteiger partial charge < -0.3 is 10.1 Å². The second kappa shape index (κ2) is 4.79. The van der Waals surface area contributed by atoms with Gasteiger partial charge in [-0.1, -0.05) is 11.6 Å². The van der Waals surface area contributed by atoms with Crippen molar-refractivity contribution in [2.24, 2.45) is 0 Å². The van der Waals surface area contributed by atoms with Crippen molar-refractivity contribution >= 4 is 23.3 Å². The maximum Gasteiger partial charge on any atom is 0.251 e. The largest absolute Gasteiger partial charge is 0.375 e. The van der Waals surface area contributed by atoms with Crippen LogP contribution in [0.4, 0.5) is 5.82 Å². The number of carbonyl (C=O) groups excluding carboxylic acids is 1. The SMILES string of the molecule is COCC(=O)Nc1ccc(Cl)cn1. The zero-order valence-corrected chi connectivity index (χ0v) is 7.84. The minimum Gasteiger partial charge on any atom is -0.375 e. The number of carbonyl (C=O) groups is 1. The molecular weight excluding hydrogens is 192 g/mol. The lowest BCUT2D eigenvalue weighted by Crippen LogP contribution is -2.17. The molecule has 0 aromatic carbocycles. The predicted molar refractivity (Wildman–Crippen MR) is 49.8 cm³/mol. The van der Waals surface area contributed by atoms with Crippen molar-refractivity contribution in [1.29, 1.82) is 0 Å². The van der Waals surface area contributed by atoms with Gasteiger partial charge in [-0.3, -0.25) is 4.79 Å². The summed E-state index contributed by atoms with van der Waals surface area (Å²) in [6, 6.07) is 3.27. The van der Waals surface area contributed by atoms with E-state index in [-0.39, 0.29) is 12.5 Å². The Bertz CT molecular complexity index is 287. The number of methoxy groups -OCH3 is 1. The molecule has 0 unspecified atom stereocenters. The highest BCUT2D eigenvalue weighted by Gasteiger charge is 2.01. The van der Waals surface area contributed by atoms with Crippen LogP contribution in [0.15, 0.2) is 18.3 Å². The Morgan fingerprint density at radius 1 is 1.69 bits per heavy atom. The number of ether oxygens (including phenoxy) is 1. The zero-order chi connectivity index (χ0) is 9.68. The summed E-state index contributed by atoms with van der Waals surface area (Å²) >= 11 is 5.61. The van der Waals surface area contributed by atoms with Crippen LogP contribution < -0.4 is 5.32 Å². The van der Waals surface area contributed by atoms with E-state index in [1.54, 1.807) is 12.1 Å². The van der Waals surface area contributed by atoms with Crippen molar-refractivity contribution in [3.63, 3.8) is 0 Å². The minimum absolute atomic E-state index is 0.0182. The summed E-state index contributed by atoms with van der Waals surface area (Å²) < 4.78 is 4.63. The van der Waals surface area contributed by atoms with Crippen molar-refractivity contribution in [2.45, 2.75) is 0 Å². The number of nitrogens with zero attached hydrogens (tertiary/aromatic N) is 1. The van der Waals surface area contributed by atoms with Gasteiger partial charge in [-0.25, -0.2) is 4.98 Å². The normalized spacial score (nSPS) is 9.69. The van der Waals surface area contributed by atoms with Crippen molar-refractivity contribution < 1.29 is 9.53 Å². The van der Waals surface area contributed by atoms with E-state index in [0.29, 0.717) is 10.8 Å². The van der Waals surface area contributed by atoms with Gasteiger partial charge in [0, 0.05) is 13.3 Å². The second-order valence-corrected chi connectivity index (χ2v) is 2.78. The van der Waals surface area contributed by atoms with Crippen LogP contribution in [-0.2, 0) is 9.53 Å². The van der Waals surface area contributed by atoms with E-state index in [1.165, 1.54) is 13.3 Å². The Labute approximate surface area is 80.9 Å². The van der Waals surface area contributed by atoms with Crippen molar-refractivity contribution in [3.8, 4) is 0 Å². The lowest BCUT2D eigenvalue weighted by Gasteiger charge is -2.02. The number of hydrogen-bond donors (Lipinski definition) is 1. The molecule has 1 aromatic heterocycles. The number of amides is 1. The number of aromatic nitrogens is 1. The molecule has 0 saturated carbocycles. The molecule has 1 amide bonds. The average Bonchev–Trinajstić information content (AvgIpc) is 2.09. The molecule has 1 rings (SSSR count). The molecule has 0 atom stereocenters. The molecule has 0 aliphatic rings. The molecular formula is C8H9ClN2O2. The molecule has 13 heavy (non-hydrogen) atoms. The van der Waals surface area contributed by atoms with E-state index in [9.17, 15) is 4.79 Å². The van der Waals surface area contributed by atoms with E-state index in [4.69, 9.17) is 11.6 Å². The molecule has 1 N–H and O–H groups in total. The fraction of sp³-hybridized carbons (Fsp3) is 0.250. The maximum atomic E-state index is 11.0. The highest BCUT2D eigenvalue weighted by molar-refractivity contribution is 6.30. The molecule has 0 bridgehead atoms. The Morgan fingerprint density at radius 2 is 2.46 bits per heavy atom. The predicted octanol–water partition coefficient (Wildman–Crippen LogP) is 1.32. The van der Waals surface area contributed by atoms with Gasteiger partial charge in [0.25, 0.3) is 5.91 Å². The van der Waals surface area contributed by atoms with Gasteiger partial charge in [-0.15, -0.1) is 0 Å². The second-order valence-electron chi connectivity index (χ2n) is 2.34. The molecule has 0 radical (unpaired) electrons. The van der Waals surface area contributed by atoms with Crippen LogP contribution >= 0.6 is 11.6 Å². The van der Waals surface area contributed by atoms with Gasteiger partial charge in [0.1, 0.15) is 12.4 Å². The molecule has 70 valence electrons. The first-order valence-electron chi connectivity index (χ1n) is 3.62. The Balaban J connectivity index is 2.54. The maximum absolute atomic E-state index is 11.0. The van der Waals surface area contributed by atoms with E-state index in [1.807, 2.05) is 0 Å². The fourth-order valence-electron chi connectivity index (χ4n) is 0.760. The molecule has 0 saturated heterocycles. The summed E-state index contributed by atoms with van der Waals surface area (Å²) in [5.74, 6) is 0.226. The summed E-state index contributed by atoms with van der Waals surface area (Å²) in [5.41, 5.74) is 0. The molecule has 0 aliphatic carbocycles. The van der Waals surface area contributed by atoms with Crippen LogP contribution in [0.3, 0.4) is 0 Å². The number of nitrogens with one attached hydrogen (secondary N) is 1.